The Bertz CT molecular complexity index is 1140. The van der Waals surface area contributed by atoms with E-state index in [1.54, 1.807) is 4.90 Å². The molecule has 1 fully saturated rings. The zero-order chi connectivity index (χ0) is 22.3. The van der Waals surface area contributed by atoms with Crippen LogP contribution in [0.2, 0.25) is 5.02 Å². The topological polar surface area (TPSA) is 49.8 Å². The van der Waals surface area contributed by atoms with Crippen LogP contribution in [-0.2, 0) is 17.0 Å². The number of nitrogens with zero attached hydrogens (tertiary/aromatic N) is 1. The Morgan fingerprint density at radius 3 is 2.34 bits per heavy atom. The van der Waals surface area contributed by atoms with E-state index in [1.165, 1.54) is 0 Å². The summed E-state index contributed by atoms with van der Waals surface area (Å²) < 4.78 is 7.72. The molecule has 0 unspecified atom stereocenters. The molecule has 0 spiro atoms. The fourth-order valence-corrected chi connectivity index (χ4v) is 4.75. The molecule has 1 saturated carbocycles. The number of carbonyl (C=O) groups excluding carboxylic acids is 1. The highest BCUT2D eigenvalue weighted by atomic mass is 79.9. The van der Waals surface area contributed by atoms with Crippen LogP contribution >= 0.6 is 27.5 Å². The second-order valence-electron chi connectivity index (χ2n) is 8.66. The van der Waals surface area contributed by atoms with Gasteiger partial charge in [-0.15, -0.1) is 0 Å². The summed E-state index contributed by atoms with van der Waals surface area (Å²) in [6, 6.07) is 23.1. The lowest BCUT2D eigenvalue weighted by atomic mass is 9.93. The van der Waals surface area contributed by atoms with Crippen molar-refractivity contribution in [1.29, 1.82) is 0 Å². The standard InChI is InChI=1S/C26H23BrClNO3/c27-20-9-5-18(6-10-20)15-29-24(31)22-3-1-2-4-23(22)26(29,19-7-11-21(28)12-8-19)32-17-25(16-30)13-14-25/h1-12,30H,13-17H2/t26-/m0/s1. The van der Waals surface area contributed by atoms with Gasteiger partial charge in [-0.05, 0) is 48.7 Å². The van der Waals surface area contributed by atoms with Crippen LogP contribution in [0, 0.1) is 5.41 Å². The molecular formula is C26H23BrClNO3. The number of carbonyl (C=O) groups is 1. The summed E-state index contributed by atoms with van der Waals surface area (Å²) in [6.07, 6.45) is 1.84. The Morgan fingerprint density at radius 1 is 1.00 bits per heavy atom. The van der Waals surface area contributed by atoms with Gasteiger partial charge in [-0.2, -0.15) is 0 Å². The van der Waals surface area contributed by atoms with Crippen LogP contribution in [0.25, 0.3) is 0 Å². The van der Waals surface area contributed by atoms with Crippen molar-refractivity contribution in [3.05, 3.63) is 105 Å². The number of hydrogen-bond acceptors (Lipinski definition) is 3. The zero-order valence-electron chi connectivity index (χ0n) is 17.4. The van der Waals surface area contributed by atoms with E-state index in [4.69, 9.17) is 16.3 Å². The van der Waals surface area contributed by atoms with Crippen LogP contribution in [0.1, 0.15) is 39.9 Å². The predicted octanol–water partition coefficient (Wildman–Crippen LogP) is 5.75. The van der Waals surface area contributed by atoms with Crippen molar-refractivity contribution in [3.8, 4) is 0 Å². The number of ether oxygens (including phenoxy) is 1. The van der Waals surface area contributed by atoms with Crippen LogP contribution in [0.5, 0.6) is 0 Å². The van der Waals surface area contributed by atoms with Gasteiger partial charge in [-0.3, -0.25) is 9.69 Å². The van der Waals surface area contributed by atoms with E-state index in [9.17, 15) is 9.90 Å². The fraction of sp³-hybridized carbons (Fsp3) is 0.269. The van der Waals surface area contributed by atoms with Crippen molar-refractivity contribution >= 4 is 33.4 Å². The number of amides is 1. The van der Waals surface area contributed by atoms with Gasteiger partial charge in [-0.1, -0.05) is 70.0 Å². The first-order valence-corrected chi connectivity index (χ1v) is 11.8. The maximum atomic E-state index is 13.7. The number of aliphatic hydroxyl groups is 1. The molecule has 1 aliphatic carbocycles. The summed E-state index contributed by atoms with van der Waals surface area (Å²) in [4.78, 5) is 15.5. The minimum Gasteiger partial charge on any atom is -0.396 e. The molecule has 1 atom stereocenters. The second kappa shape index (κ2) is 8.31. The monoisotopic (exact) mass is 511 g/mol. The lowest BCUT2D eigenvalue weighted by Gasteiger charge is -2.40. The molecule has 6 heteroatoms. The molecule has 1 N–H and O–H groups in total. The first-order valence-electron chi connectivity index (χ1n) is 10.6. The molecule has 0 bridgehead atoms. The van der Waals surface area contributed by atoms with Crippen LogP contribution in [0.3, 0.4) is 0 Å². The third kappa shape index (κ3) is 3.67. The molecule has 0 aromatic heterocycles. The summed E-state index contributed by atoms with van der Waals surface area (Å²) in [7, 11) is 0. The molecule has 1 heterocycles. The number of halogens is 2. The largest absolute Gasteiger partial charge is 0.396 e. The molecule has 3 aromatic rings. The normalized spacial score (nSPS) is 21.0. The SMILES string of the molecule is O=C1c2ccccc2[C@@](OCC2(CO)CC2)(c2ccc(Cl)cc2)N1Cc1ccc(Br)cc1. The predicted molar refractivity (Wildman–Crippen MR) is 127 cm³/mol. The molecule has 5 rings (SSSR count). The number of aliphatic hydroxyl groups excluding tert-OH is 1. The number of rotatable bonds is 7. The second-order valence-corrected chi connectivity index (χ2v) is 10.0. The van der Waals surface area contributed by atoms with Gasteiger partial charge in [0.15, 0.2) is 5.72 Å². The smallest absolute Gasteiger partial charge is 0.257 e. The number of fused-ring (bicyclic) bond motifs is 1. The van der Waals surface area contributed by atoms with E-state index in [-0.39, 0.29) is 17.9 Å². The number of hydrogen-bond donors (Lipinski definition) is 1. The van der Waals surface area contributed by atoms with Crippen LogP contribution in [0.4, 0.5) is 0 Å². The Balaban J connectivity index is 1.65. The van der Waals surface area contributed by atoms with Gasteiger partial charge >= 0.3 is 0 Å². The summed E-state index contributed by atoms with van der Waals surface area (Å²) in [5.74, 6) is -0.0766. The minimum absolute atomic E-state index is 0.0754. The third-order valence-corrected chi connectivity index (χ3v) is 7.30. The van der Waals surface area contributed by atoms with Crippen LogP contribution in [0.15, 0.2) is 77.3 Å². The van der Waals surface area contributed by atoms with Gasteiger partial charge in [0, 0.05) is 38.1 Å². The van der Waals surface area contributed by atoms with E-state index in [2.05, 4.69) is 15.9 Å². The molecular weight excluding hydrogens is 490 g/mol. The lowest BCUT2D eigenvalue weighted by Crippen LogP contribution is -2.47. The van der Waals surface area contributed by atoms with E-state index < -0.39 is 5.72 Å². The van der Waals surface area contributed by atoms with Crippen molar-refractivity contribution in [2.24, 2.45) is 5.41 Å². The highest BCUT2D eigenvalue weighted by Gasteiger charge is 2.54. The Morgan fingerprint density at radius 2 is 1.69 bits per heavy atom. The summed E-state index contributed by atoms with van der Waals surface area (Å²) in [6.45, 7) is 0.826. The molecule has 1 aliphatic heterocycles. The lowest BCUT2D eigenvalue weighted by molar-refractivity contribution is -0.128. The Labute approximate surface area is 200 Å². The quantitative estimate of drug-likeness (QED) is 0.439. The van der Waals surface area contributed by atoms with Crippen LogP contribution < -0.4 is 0 Å². The van der Waals surface area contributed by atoms with Crippen molar-refractivity contribution in [2.45, 2.75) is 25.1 Å². The molecule has 1 amide bonds. The van der Waals surface area contributed by atoms with E-state index in [1.807, 2.05) is 72.8 Å². The third-order valence-electron chi connectivity index (χ3n) is 6.52. The summed E-state index contributed by atoms with van der Waals surface area (Å²) in [5.41, 5.74) is 1.96. The highest BCUT2D eigenvalue weighted by molar-refractivity contribution is 9.10. The Hall–Kier alpha value is -2.18. The molecule has 3 aromatic carbocycles. The van der Waals surface area contributed by atoms with Gasteiger partial charge in [0.25, 0.3) is 5.91 Å². The summed E-state index contributed by atoms with van der Waals surface area (Å²) >= 11 is 9.68. The van der Waals surface area contributed by atoms with Crippen molar-refractivity contribution < 1.29 is 14.6 Å². The van der Waals surface area contributed by atoms with Crippen molar-refractivity contribution in [1.82, 2.24) is 4.90 Å². The average Bonchev–Trinajstić information content (AvgIpc) is 3.56. The van der Waals surface area contributed by atoms with Gasteiger partial charge in [0.05, 0.1) is 13.2 Å². The molecule has 0 radical (unpaired) electrons. The van der Waals surface area contributed by atoms with E-state index in [0.29, 0.717) is 23.7 Å². The van der Waals surface area contributed by atoms with E-state index >= 15 is 0 Å². The van der Waals surface area contributed by atoms with Gasteiger partial charge < -0.3 is 9.84 Å². The molecule has 2 aliphatic rings. The molecule has 164 valence electrons. The maximum Gasteiger partial charge on any atom is 0.257 e. The van der Waals surface area contributed by atoms with Crippen molar-refractivity contribution in [3.63, 3.8) is 0 Å². The average molecular weight is 513 g/mol. The zero-order valence-corrected chi connectivity index (χ0v) is 19.8. The van der Waals surface area contributed by atoms with E-state index in [0.717, 1.165) is 34.0 Å². The van der Waals surface area contributed by atoms with Crippen LogP contribution in [-0.4, -0.2) is 29.1 Å². The fourth-order valence-electron chi connectivity index (χ4n) is 4.36. The molecule has 32 heavy (non-hydrogen) atoms. The maximum absolute atomic E-state index is 13.7. The van der Waals surface area contributed by atoms with Gasteiger partial charge in [-0.25, -0.2) is 0 Å². The molecule has 4 nitrogen and oxygen atoms in total. The first-order chi connectivity index (χ1) is 15.5. The minimum atomic E-state index is -1.10. The highest BCUT2D eigenvalue weighted by Crippen LogP contribution is 2.51. The number of benzene rings is 3. The van der Waals surface area contributed by atoms with Gasteiger partial charge in [0.2, 0.25) is 0 Å². The van der Waals surface area contributed by atoms with Crippen molar-refractivity contribution in [2.75, 3.05) is 13.2 Å². The Kier molecular flexibility index (Phi) is 5.62. The first kappa shape index (κ1) is 21.7. The molecule has 0 saturated heterocycles. The van der Waals surface area contributed by atoms with Gasteiger partial charge in [0.1, 0.15) is 0 Å². The summed E-state index contributed by atoms with van der Waals surface area (Å²) in [5, 5.41) is 10.5.